The number of nitrogens with zero attached hydrogens (tertiary/aromatic N) is 2. The molecule has 1 fully saturated rings. The molecule has 21 heavy (non-hydrogen) atoms. The summed E-state index contributed by atoms with van der Waals surface area (Å²) in [6, 6.07) is 4.65. The quantitative estimate of drug-likeness (QED) is 0.683. The van der Waals surface area contributed by atoms with Gasteiger partial charge >= 0.3 is 0 Å². The van der Waals surface area contributed by atoms with Crippen LogP contribution in [0.15, 0.2) is 18.2 Å². The average molecular weight is 291 g/mol. The van der Waals surface area contributed by atoms with Crippen molar-refractivity contribution in [3.63, 3.8) is 0 Å². The Morgan fingerprint density at radius 3 is 2.81 bits per heavy atom. The molecule has 6 heteroatoms. The van der Waals surface area contributed by atoms with Crippen molar-refractivity contribution in [2.75, 3.05) is 6.54 Å². The van der Waals surface area contributed by atoms with E-state index in [0.717, 1.165) is 24.8 Å². The molecule has 0 aliphatic carbocycles. The molecular weight excluding hydrogens is 270 g/mol. The highest BCUT2D eigenvalue weighted by Gasteiger charge is 2.34. The number of nitro groups is 1. The van der Waals surface area contributed by atoms with E-state index < -0.39 is 4.92 Å². The summed E-state index contributed by atoms with van der Waals surface area (Å²) in [5.41, 5.74) is 6.62. The Morgan fingerprint density at radius 1 is 1.48 bits per heavy atom. The summed E-state index contributed by atoms with van der Waals surface area (Å²) >= 11 is 0. The SMILES string of the molecule is Cc1ccc([N+](=O)[O-])c(C(=O)N2C(C)CCCC2CN)c1. The monoisotopic (exact) mass is 291 g/mol. The lowest BCUT2D eigenvalue weighted by atomic mass is 9.94. The maximum absolute atomic E-state index is 12.8. The largest absolute Gasteiger partial charge is 0.331 e. The summed E-state index contributed by atoms with van der Waals surface area (Å²) in [6.45, 7) is 4.18. The zero-order valence-electron chi connectivity index (χ0n) is 12.4. The van der Waals surface area contributed by atoms with Gasteiger partial charge in [0.25, 0.3) is 11.6 Å². The summed E-state index contributed by atoms with van der Waals surface area (Å²) in [4.78, 5) is 25.2. The lowest BCUT2D eigenvalue weighted by molar-refractivity contribution is -0.385. The molecule has 2 atom stereocenters. The third-order valence-corrected chi connectivity index (χ3v) is 4.11. The summed E-state index contributed by atoms with van der Waals surface area (Å²) in [5.74, 6) is -0.284. The standard InChI is InChI=1S/C15H21N3O3/c1-10-6-7-14(18(20)21)13(8-10)15(19)17-11(2)4-3-5-12(17)9-16/h6-8,11-12H,3-5,9,16H2,1-2H3. The van der Waals surface area contributed by atoms with E-state index in [1.165, 1.54) is 6.07 Å². The first-order valence-electron chi connectivity index (χ1n) is 7.23. The molecule has 1 amide bonds. The second-order valence-electron chi connectivity index (χ2n) is 5.66. The second kappa shape index (κ2) is 6.22. The highest BCUT2D eigenvalue weighted by molar-refractivity contribution is 5.98. The van der Waals surface area contributed by atoms with Crippen LogP contribution in [-0.4, -0.2) is 34.4 Å². The molecule has 1 aliphatic rings. The van der Waals surface area contributed by atoms with Crippen molar-refractivity contribution in [3.8, 4) is 0 Å². The van der Waals surface area contributed by atoms with Crippen LogP contribution < -0.4 is 5.73 Å². The fourth-order valence-corrected chi connectivity index (χ4v) is 3.00. The predicted molar refractivity (Wildman–Crippen MR) is 80.2 cm³/mol. The molecule has 1 aromatic carbocycles. The normalized spacial score (nSPS) is 22.1. The number of carbonyl (C=O) groups excluding carboxylic acids is 1. The van der Waals surface area contributed by atoms with E-state index in [9.17, 15) is 14.9 Å². The number of amides is 1. The number of piperidine rings is 1. The molecule has 1 aromatic rings. The molecule has 6 nitrogen and oxygen atoms in total. The summed E-state index contributed by atoms with van der Waals surface area (Å²) in [7, 11) is 0. The minimum atomic E-state index is -0.501. The van der Waals surface area contributed by atoms with Crippen molar-refractivity contribution in [3.05, 3.63) is 39.4 Å². The van der Waals surface area contributed by atoms with Gasteiger partial charge in [-0.2, -0.15) is 0 Å². The van der Waals surface area contributed by atoms with E-state index >= 15 is 0 Å². The fourth-order valence-electron chi connectivity index (χ4n) is 3.00. The van der Waals surface area contributed by atoms with Gasteiger partial charge < -0.3 is 10.6 Å². The number of hydrogen-bond acceptors (Lipinski definition) is 4. The van der Waals surface area contributed by atoms with Crippen molar-refractivity contribution in [2.24, 2.45) is 5.73 Å². The number of benzene rings is 1. The van der Waals surface area contributed by atoms with Crippen molar-refractivity contribution in [1.29, 1.82) is 0 Å². The number of carbonyl (C=O) groups is 1. The van der Waals surface area contributed by atoms with Crippen LogP contribution in [0.1, 0.15) is 42.1 Å². The molecule has 1 saturated heterocycles. The molecule has 2 rings (SSSR count). The van der Waals surface area contributed by atoms with E-state index in [2.05, 4.69) is 0 Å². The molecule has 2 unspecified atom stereocenters. The minimum Gasteiger partial charge on any atom is -0.331 e. The highest BCUT2D eigenvalue weighted by Crippen LogP contribution is 2.28. The molecule has 114 valence electrons. The number of rotatable bonds is 3. The third-order valence-electron chi connectivity index (χ3n) is 4.11. The minimum absolute atomic E-state index is 0.0404. The summed E-state index contributed by atoms with van der Waals surface area (Å²) in [5, 5.41) is 11.2. The molecular formula is C15H21N3O3. The molecule has 0 saturated carbocycles. The van der Waals surface area contributed by atoms with Crippen LogP contribution in [-0.2, 0) is 0 Å². The van der Waals surface area contributed by atoms with Crippen LogP contribution in [0.25, 0.3) is 0 Å². The van der Waals surface area contributed by atoms with E-state index in [-0.39, 0.29) is 29.2 Å². The van der Waals surface area contributed by atoms with Crippen LogP contribution >= 0.6 is 0 Å². The maximum atomic E-state index is 12.8. The third kappa shape index (κ3) is 3.05. The Morgan fingerprint density at radius 2 is 2.19 bits per heavy atom. The van der Waals surface area contributed by atoms with Crippen molar-refractivity contribution >= 4 is 11.6 Å². The highest BCUT2D eigenvalue weighted by atomic mass is 16.6. The number of nitrogens with two attached hydrogens (primary N) is 1. The Balaban J connectivity index is 2.42. The number of aryl methyl sites for hydroxylation is 1. The second-order valence-corrected chi connectivity index (χ2v) is 5.66. The van der Waals surface area contributed by atoms with E-state index in [1.807, 2.05) is 13.8 Å². The van der Waals surface area contributed by atoms with Gasteiger partial charge in [0.2, 0.25) is 0 Å². The molecule has 1 aliphatic heterocycles. The van der Waals surface area contributed by atoms with Crippen LogP contribution in [0.4, 0.5) is 5.69 Å². The van der Waals surface area contributed by atoms with Gasteiger partial charge in [-0.25, -0.2) is 0 Å². The first-order chi connectivity index (χ1) is 9.95. The Hall–Kier alpha value is -1.95. The van der Waals surface area contributed by atoms with Crippen molar-refractivity contribution in [2.45, 2.75) is 45.2 Å². The number of likely N-dealkylation sites (tertiary alicyclic amines) is 1. The lowest BCUT2D eigenvalue weighted by Crippen LogP contribution is -2.51. The first-order valence-corrected chi connectivity index (χ1v) is 7.23. The molecule has 0 radical (unpaired) electrons. The van der Waals surface area contributed by atoms with Crippen LogP contribution in [0.5, 0.6) is 0 Å². The van der Waals surface area contributed by atoms with Gasteiger partial charge in [-0.1, -0.05) is 6.07 Å². The van der Waals surface area contributed by atoms with Crippen LogP contribution in [0.3, 0.4) is 0 Å². The average Bonchev–Trinajstić information content (AvgIpc) is 2.45. The molecule has 0 bridgehead atoms. The molecule has 0 aromatic heterocycles. The first kappa shape index (κ1) is 15.4. The summed E-state index contributed by atoms with van der Waals surface area (Å²) in [6.07, 6.45) is 2.79. The molecule has 0 spiro atoms. The van der Waals surface area contributed by atoms with Gasteiger partial charge in [0.1, 0.15) is 5.56 Å². The van der Waals surface area contributed by atoms with Crippen LogP contribution in [0, 0.1) is 17.0 Å². The van der Waals surface area contributed by atoms with Gasteiger partial charge in [0.05, 0.1) is 4.92 Å². The van der Waals surface area contributed by atoms with Gasteiger partial charge in [0, 0.05) is 24.7 Å². The Labute approximate surface area is 124 Å². The van der Waals surface area contributed by atoms with Crippen molar-refractivity contribution < 1.29 is 9.72 Å². The van der Waals surface area contributed by atoms with Gasteiger partial charge in [-0.3, -0.25) is 14.9 Å². The zero-order chi connectivity index (χ0) is 15.6. The Kier molecular flexibility index (Phi) is 4.57. The van der Waals surface area contributed by atoms with E-state index in [0.29, 0.717) is 6.54 Å². The fraction of sp³-hybridized carbons (Fsp3) is 0.533. The van der Waals surface area contributed by atoms with Gasteiger partial charge in [-0.15, -0.1) is 0 Å². The smallest absolute Gasteiger partial charge is 0.282 e. The zero-order valence-corrected chi connectivity index (χ0v) is 12.4. The number of hydrogen-bond donors (Lipinski definition) is 1. The maximum Gasteiger partial charge on any atom is 0.282 e. The predicted octanol–water partition coefficient (Wildman–Crippen LogP) is 2.25. The lowest BCUT2D eigenvalue weighted by Gasteiger charge is -2.40. The van der Waals surface area contributed by atoms with Crippen LogP contribution in [0.2, 0.25) is 0 Å². The number of nitro benzene ring substituents is 1. The van der Waals surface area contributed by atoms with E-state index in [4.69, 9.17) is 5.73 Å². The molecule has 1 heterocycles. The van der Waals surface area contributed by atoms with Gasteiger partial charge in [-0.05, 0) is 44.7 Å². The Bertz CT molecular complexity index is 559. The molecule has 2 N–H and O–H groups in total. The topological polar surface area (TPSA) is 89.5 Å². The van der Waals surface area contributed by atoms with E-state index in [1.54, 1.807) is 17.0 Å². The van der Waals surface area contributed by atoms with Gasteiger partial charge in [0.15, 0.2) is 0 Å². The summed E-state index contributed by atoms with van der Waals surface area (Å²) < 4.78 is 0. The van der Waals surface area contributed by atoms with Crippen molar-refractivity contribution in [1.82, 2.24) is 4.90 Å².